The van der Waals surface area contributed by atoms with Gasteiger partial charge >= 0.3 is 5.97 Å². The minimum absolute atomic E-state index is 0.0293. The Morgan fingerprint density at radius 3 is 1.74 bits per heavy atom. The number of rotatable bonds is 21. The Hall–Kier alpha value is -2.94. The van der Waals surface area contributed by atoms with Gasteiger partial charge in [0.2, 0.25) is 0 Å². The van der Waals surface area contributed by atoms with Crippen molar-refractivity contribution in [3.63, 3.8) is 0 Å². The van der Waals surface area contributed by atoms with Gasteiger partial charge in [0.1, 0.15) is 11.5 Å². The number of esters is 1. The molecule has 0 spiro atoms. The topological polar surface area (TPSA) is 92.7 Å². The molecule has 1 heterocycles. The average molecular weight is 875 g/mol. The van der Waals surface area contributed by atoms with Crippen LogP contribution in [-0.4, -0.2) is 78.7 Å². The summed E-state index contributed by atoms with van der Waals surface area (Å²) in [5, 5.41) is 12.3. The highest BCUT2D eigenvalue weighted by Gasteiger charge is 2.55. The van der Waals surface area contributed by atoms with Crippen LogP contribution in [0.15, 0.2) is 103 Å². The zero-order valence-electron chi connectivity index (χ0n) is 39.9. The second-order valence-electron chi connectivity index (χ2n) is 19.4. The average Bonchev–Trinajstić information content (AvgIpc) is 3.25. The lowest BCUT2D eigenvalue weighted by Crippen LogP contribution is -2.60. The number of aliphatic hydroxyl groups excluding tert-OH is 1. The molecule has 10 heteroatoms. The van der Waals surface area contributed by atoms with E-state index in [0.29, 0.717) is 25.9 Å². The lowest BCUT2D eigenvalue weighted by atomic mass is 9.74. The molecule has 1 saturated heterocycles. The first-order valence-corrected chi connectivity index (χ1v) is 28.0. The zero-order valence-corrected chi connectivity index (χ0v) is 41.9. The monoisotopic (exact) mass is 875 g/mol. The molecule has 1 aliphatic heterocycles. The van der Waals surface area contributed by atoms with Gasteiger partial charge in [-0.1, -0.05) is 158 Å². The molecule has 0 bridgehead atoms. The molecule has 1 aliphatic rings. The Morgan fingerprint density at radius 1 is 0.852 bits per heavy atom. The highest BCUT2D eigenvalue weighted by atomic mass is 28.4. The number of benzene rings is 3. The molecule has 6 atom stereocenters. The van der Waals surface area contributed by atoms with Crippen LogP contribution < -0.4 is 0 Å². The molecular formula is C51H78O8Si2. The standard InChI is InChI=1S/C51H78O8Si2/c1-15-61(16-2,17-3)59-44(37-56-51(40-27-21-18-22-28-40,41-29-23-19-24-30-41)42-31-25-20-26-32-42)33-38(4)34-45(52)49(9,10)46-35-43(58-60(13,14)48(6,7)8)36-50(55-12,57-46)39(5)47(53)54-11/h18-32,34,39,43-46,52H,15-17,33,35-37H2,1-14H3/b38-34+/t39?,43-,44-,45?,46-,50+/m1/s1. The van der Waals surface area contributed by atoms with Crippen molar-refractivity contribution in [3.8, 4) is 0 Å². The lowest BCUT2D eigenvalue weighted by Gasteiger charge is -2.52. The fraction of sp³-hybridized carbons (Fsp3) is 0.588. The van der Waals surface area contributed by atoms with Gasteiger partial charge in [-0.25, -0.2) is 0 Å². The van der Waals surface area contributed by atoms with Gasteiger partial charge in [-0.15, -0.1) is 0 Å². The predicted octanol–water partition coefficient (Wildman–Crippen LogP) is 11.8. The fourth-order valence-electron chi connectivity index (χ4n) is 8.64. The molecule has 0 saturated carbocycles. The van der Waals surface area contributed by atoms with Crippen LogP contribution in [0.2, 0.25) is 36.3 Å². The van der Waals surface area contributed by atoms with Gasteiger partial charge in [0.05, 0.1) is 38.1 Å². The number of methoxy groups -OCH3 is 2. The summed E-state index contributed by atoms with van der Waals surface area (Å²) >= 11 is 0. The molecule has 1 fully saturated rings. The Kier molecular flexibility index (Phi) is 17.6. The summed E-state index contributed by atoms with van der Waals surface area (Å²) in [5.41, 5.74) is 2.42. The van der Waals surface area contributed by atoms with Gasteiger partial charge < -0.3 is 32.9 Å². The SMILES string of the molecule is CC[Si](CC)(CC)O[C@@H](COC(c1ccccc1)(c1ccccc1)c1ccccc1)C/C(C)=C/C(O)C(C)(C)[C@H]1C[C@@H](O[Si](C)(C)C(C)(C)C)C[C@@](OC)(C(C)C(=O)OC)O1. The van der Waals surface area contributed by atoms with Crippen molar-refractivity contribution in [2.24, 2.45) is 11.3 Å². The third kappa shape index (κ3) is 11.6. The maximum atomic E-state index is 13.1. The summed E-state index contributed by atoms with van der Waals surface area (Å²) in [4.78, 5) is 13.1. The smallest absolute Gasteiger partial charge is 0.313 e. The molecule has 3 aromatic rings. The molecule has 61 heavy (non-hydrogen) atoms. The minimum atomic E-state index is -2.24. The first-order valence-electron chi connectivity index (χ1n) is 22.5. The van der Waals surface area contributed by atoms with Crippen LogP contribution in [0.3, 0.4) is 0 Å². The first kappa shape index (κ1) is 50.7. The maximum absolute atomic E-state index is 13.1. The third-order valence-corrected chi connectivity index (χ3v) is 23.4. The quantitative estimate of drug-likeness (QED) is 0.0490. The van der Waals surface area contributed by atoms with Gasteiger partial charge in [0.25, 0.3) is 0 Å². The van der Waals surface area contributed by atoms with Crippen molar-refractivity contribution >= 4 is 22.6 Å². The summed E-state index contributed by atoms with van der Waals surface area (Å²) in [6, 6.07) is 34.4. The summed E-state index contributed by atoms with van der Waals surface area (Å²) < 4.78 is 40.0. The van der Waals surface area contributed by atoms with E-state index >= 15 is 0 Å². The predicted molar refractivity (Wildman–Crippen MR) is 252 cm³/mol. The second-order valence-corrected chi connectivity index (χ2v) is 28.8. The van der Waals surface area contributed by atoms with Crippen molar-refractivity contribution in [1.29, 1.82) is 0 Å². The molecule has 0 radical (unpaired) electrons. The van der Waals surface area contributed by atoms with E-state index in [4.69, 9.17) is 27.8 Å². The molecule has 2 unspecified atom stereocenters. The van der Waals surface area contributed by atoms with E-state index < -0.39 is 57.5 Å². The first-order chi connectivity index (χ1) is 28.7. The van der Waals surface area contributed by atoms with E-state index in [1.807, 2.05) is 38.1 Å². The van der Waals surface area contributed by atoms with Gasteiger partial charge in [-0.3, -0.25) is 4.79 Å². The number of carbonyl (C=O) groups excluding carboxylic acids is 1. The molecule has 4 rings (SSSR count). The van der Waals surface area contributed by atoms with Gasteiger partial charge in [-0.2, -0.15) is 0 Å². The molecule has 0 aromatic heterocycles. The summed E-state index contributed by atoms with van der Waals surface area (Å²) in [6.45, 7) is 26.1. The lowest BCUT2D eigenvalue weighted by molar-refractivity contribution is -0.322. The summed E-state index contributed by atoms with van der Waals surface area (Å²) in [6.07, 6.45) is 1.49. The number of carbonyl (C=O) groups is 1. The van der Waals surface area contributed by atoms with Gasteiger partial charge in [0, 0.05) is 18.9 Å². The highest BCUT2D eigenvalue weighted by molar-refractivity contribution is 6.74. The van der Waals surface area contributed by atoms with E-state index in [0.717, 1.165) is 40.4 Å². The van der Waals surface area contributed by atoms with Crippen LogP contribution in [0.5, 0.6) is 0 Å². The van der Waals surface area contributed by atoms with Crippen LogP contribution in [0.1, 0.15) is 105 Å². The molecule has 0 amide bonds. The summed E-state index contributed by atoms with van der Waals surface area (Å²) in [5.74, 6) is -2.45. The molecule has 1 N–H and O–H groups in total. The van der Waals surface area contributed by atoms with Crippen LogP contribution >= 0.6 is 0 Å². The number of hydrogen-bond donors (Lipinski definition) is 1. The Labute approximate surface area is 371 Å². The van der Waals surface area contributed by atoms with Crippen molar-refractivity contribution in [1.82, 2.24) is 0 Å². The van der Waals surface area contributed by atoms with Gasteiger partial charge in [-0.05, 0) is 79.6 Å². The Balaban J connectivity index is 1.73. The fourth-order valence-corrected chi connectivity index (χ4v) is 12.9. The number of ether oxygens (including phenoxy) is 4. The van der Waals surface area contributed by atoms with Crippen LogP contribution in [0.25, 0.3) is 0 Å². The van der Waals surface area contributed by atoms with Crippen molar-refractivity contribution in [3.05, 3.63) is 119 Å². The number of aliphatic hydroxyl groups is 1. The van der Waals surface area contributed by atoms with Crippen LogP contribution in [-0.2, 0) is 38.2 Å². The summed E-state index contributed by atoms with van der Waals surface area (Å²) in [7, 11) is -1.40. The Morgan fingerprint density at radius 2 is 1.33 bits per heavy atom. The van der Waals surface area contributed by atoms with E-state index in [9.17, 15) is 9.90 Å². The van der Waals surface area contributed by atoms with Crippen molar-refractivity contribution in [2.45, 2.75) is 161 Å². The van der Waals surface area contributed by atoms with E-state index in [2.05, 4.69) is 134 Å². The Bertz CT molecular complexity index is 1720. The highest BCUT2D eigenvalue weighted by Crippen LogP contribution is 2.47. The maximum Gasteiger partial charge on any atom is 0.313 e. The molecule has 338 valence electrons. The molecule has 3 aromatic carbocycles. The number of hydrogen-bond acceptors (Lipinski definition) is 8. The van der Waals surface area contributed by atoms with E-state index in [1.54, 1.807) is 14.0 Å². The normalized spacial score (nSPS) is 21.1. The minimum Gasteiger partial charge on any atom is -0.469 e. The van der Waals surface area contributed by atoms with E-state index in [-0.39, 0.29) is 17.2 Å². The third-order valence-electron chi connectivity index (χ3n) is 14.1. The van der Waals surface area contributed by atoms with Crippen LogP contribution in [0.4, 0.5) is 0 Å². The van der Waals surface area contributed by atoms with Crippen molar-refractivity contribution < 1.29 is 37.7 Å². The van der Waals surface area contributed by atoms with Gasteiger partial charge in [0.15, 0.2) is 22.4 Å². The van der Waals surface area contributed by atoms with Crippen LogP contribution in [0, 0.1) is 11.3 Å². The molecular weight excluding hydrogens is 797 g/mol. The van der Waals surface area contributed by atoms with E-state index in [1.165, 1.54) is 7.11 Å². The second kappa shape index (κ2) is 21.2. The molecule has 8 nitrogen and oxygen atoms in total. The molecule has 0 aliphatic carbocycles. The largest absolute Gasteiger partial charge is 0.469 e. The zero-order chi connectivity index (χ0) is 45.3. The van der Waals surface area contributed by atoms with Crippen molar-refractivity contribution in [2.75, 3.05) is 20.8 Å².